The van der Waals surface area contributed by atoms with Gasteiger partial charge in [-0.3, -0.25) is 4.79 Å². The number of nitrogens with one attached hydrogen (secondary N) is 2. The second-order valence-electron chi connectivity index (χ2n) is 14.0. The minimum atomic E-state index is -1.78. The highest BCUT2D eigenvalue weighted by atomic mass is 16.8. The number of ketones is 1. The van der Waals surface area contributed by atoms with Gasteiger partial charge in [-0.15, -0.1) is 0 Å². The Morgan fingerprint density at radius 2 is 1.98 bits per heavy atom. The lowest BCUT2D eigenvalue weighted by Crippen LogP contribution is -2.75. The average Bonchev–Trinajstić information content (AvgIpc) is 3.67. The molecule has 2 bridgehead atoms. The average molecular weight is 591 g/mol. The summed E-state index contributed by atoms with van der Waals surface area (Å²) >= 11 is 0. The highest BCUT2D eigenvalue weighted by Crippen LogP contribution is 2.72. The lowest BCUT2D eigenvalue weighted by Gasteiger charge is -2.66. The lowest BCUT2D eigenvalue weighted by atomic mass is 9.41. The normalized spacial score (nSPS) is 42.0. The van der Waals surface area contributed by atoms with Crippen LogP contribution in [0, 0.1) is 11.3 Å². The van der Waals surface area contributed by atoms with Crippen LogP contribution in [0.15, 0.2) is 48.3 Å². The Hall–Kier alpha value is -3.18. The largest absolute Gasteiger partial charge is 0.460 e. The Balaban J connectivity index is 1.21. The SMILES string of the molecule is C=C1O[C@@]23CC[C@]4(C)[C@@]5(C)c6[nH]c7ccccc7c6C[C@@H]5C[C@H](OC(=O)NCC5COC(C)(C)O5)[C@@]4(O)C2=CC(=O)[C@@H]1O3. The number of hydrogen-bond acceptors (Lipinski definition) is 8. The zero-order chi connectivity index (χ0) is 30.2. The summed E-state index contributed by atoms with van der Waals surface area (Å²) in [6.45, 7) is 12.4. The quantitative estimate of drug-likeness (QED) is 0.491. The molecule has 4 heterocycles. The molecule has 1 aromatic carbocycles. The fraction of sp³-hybridized carbons (Fsp3) is 0.576. The van der Waals surface area contributed by atoms with Crippen molar-refractivity contribution >= 4 is 22.8 Å². The van der Waals surface area contributed by atoms with E-state index in [4.69, 9.17) is 23.7 Å². The number of ether oxygens (including phenoxy) is 5. The van der Waals surface area contributed by atoms with Gasteiger partial charge in [-0.1, -0.05) is 38.6 Å². The van der Waals surface area contributed by atoms with Gasteiger partial charge in [0.1, 0.15) is 23.6 Å². The smallest absolute Gasteiger partial charge is 0.407 e. The number of aromatic amines is 1. The van der Waals surface area contributed by atoms with E-state index in [0.717, 1.165) is 23.0 Å². The van der Waals surface area contributed by atoms with Gasteiger partial charge in [-0.2, -0.15) is 0 Å². The number of aromatic nitrogens is 1. The summed E-state index contributed by atoms with van der Waals surface area (Å²) in [5, 5.41) is 17.2. The van der Waals surface area contributed by atoms with Gasteiger partial charge in [0.15, 0.2) is 17.7 Å². The molecule has 2 saturated heterocycles. The summed E-state index contributed by atoms with van der Waals surface area (Å²) in [5.41, 5.74) is 0.501. The molecule has 2 aromatic rings. The van der Waals surface area contributed by atoms with E-state index in [0.29, 0.717) is 31.4 Å². The van der Waals surface area contributed by atoms with E-state index in [-0.39, 0.29) is 30.1 Å². The lowest BCUT2D eigenvalue weighted by molar-refractivity contribution is -0.266. The highest BCUT2D eigenvalue weighted by molar-refractivity contribution is 5.98. The molecule has 6 aliphatic rings. The molecule has 8 atom stereocenters. The monoisotopic (exact) mass is 590 g/mol. The van der Waals surface area contributed by atoms with Crippen molar-refractivity contribution in [1.82, 2.24) is 10.3 Å². The molecular formula is C33H38N2O8. The minimum Gasteiger partial charge on any atom is -0.460 e. The topological polar surface area (TPSA) is 128 Å². The molecule has 43 heavy (non-hydrogen) atoms. The van der Waals surface area contributed by atoms with Crippen LogP contribution in [0.4, 0.5) is 4.79 Å². The van der Waals surface area contributed by atoms with Gasteiger partial charge >= 0.3 is 6.09 Å². The van der Waals surface area contributed by atoms with Gasteiger partial charge in [0.05, 0.1) is 6.61 Å². The number of hydrogen-bond donors (Lipinski definition) is 3. The summed E-state index contributed by atoms with van der Waals surface area (Å²) in [6.07, 6.45) is 0.681. The first-order valence-electron chi connectivity index (χ1n) is 15.2. The van der Waals surface area contributed by atoms with Crippen molar-refractivity contribution in [3.8, 4) is 0 Å². The Morgan fingerprint density at radius 3 is 2.74 bits per heavy atom. The van der Waals surface area contributed by atoms with Crippen molar-refractivity contribution in [2.75, 3.05) is 13.2 Å². The number of H-pyrrole nitrogens is 1. The van der Waals surface area contributed by atoms with Gasteiger partial charge in [-0.05, 0) is 56.7 Å². The fourth-order valence-corrected chi connectivity index (χ4v) is 9.29. The molecule has 2 saturated carbocycles. The van der Waals surface area contributed by atoms with Crippen LogP contribution in [-0.2, 0) is 40.3 Å². The number of benzene rings is 1. The third-order valence-corrected chi connectivity index (χ3v) is 11.6. The van der Waals surface area contributed by atoms with Crippen LogP contribution >= 0.6 is 0 Å². The Bertz CT molecular complexity index is 1630. The van der Waals surface area contributed by atoms with Gasteiger partial charge < -0.3 is 39.1 Å². The number of amides is 1. The van der Waals surface area contributed by atoms with Crippen LogP contribution in [0.3, 0.4) is 0 Å². The van der Waals surface area contributed by atoms with E-state index in [1.54, 1.807) is 0 Å². The predicted octanol–water partition coefficient (Wildman–Crippen LogP) is 3.91. The maximum absolute atomic E-state index is 13.4. The van der Waals surface area contributed by atoms with E-state index >= 15 is 0 Å². The molecule has 3 aliphatic carbocycles. The van der Waals surface area contributed by atoms with E-state index < -0.39 is 46.3 Å². The standard InChI is InChI=1S/C33H38N2O8/c1-17-26-23(36)14-24-32(41-17,43-26)11-10-30(4)31(5)18(12-21-20-8-6-7-9-22(20)35-27(21)31)13-25(33(24,30)38)40-28(37)34-15-19-16-39-29(2,3)42-19/h6-9,14,18-19,25-26,35,38H,1,10-13,15-16H2,2-5H3,(H,34,37)/t18-,19?,25+,26-,30-,31-,32-,33+/m1/s1. The molecule has 1 aromatic heterocycles. The van der Waals surface area contributed by atoms with E-state index in [9.17, 15) is 14.7 Å². The minimum absolute atomic E-state index is 0.0656. The summed E-state index contributed by atoms with van der Waals surface area (Å²) in [7, 11) is 0. The zero-order valence-electron chi connectivity index (χ0n) is 25.0. The van der Waals surface area contributed by atoms with Crippen molar-refractivity contribution in [2.45, 2.75) is 94.3 Å². The molecule has 10 nitrogen and oxygen atoms in total. The third kappa shape index (κ3) is 3.38. The maximum Gasteiger partial charge on any atom is 0.407 e. The Morgan fingerprint density at radius 1 is 1.19 bits per heavy atom. The molecule has 1 unspecified atom stereocenters. The first-order valence-corrected chi connectivity index (χ1v) is 15.2. The van der Waals surface area contributed by atoms with E-state index in [1.807, 2.05) is 26.0 Å². The molecule has 3 aliphatic heterocycles. The molecule has 8 rings (SSSR count). The molecule has 1 amide bonds. The van der Waals surface area contributed by atoms with Crippen LogP contribution in [0.1, 0.15) is 58.2 Å². The summed E-state index contributed by atoms with van der Waals surface area (Å²) in [6, 6.07) is 8.25. The number of carbonyl (C=O) groups excluding carboxylic acids is 2. The number of alkyl carbamates (subject to hydrolysis) is 1. The molecule has 3 N–H and O–H groups in total. The number of para-hydroxylation sites is 1. The molecule has 10 heteroatoms. The van der Waals surface area contributed by atoms with Crippen molar-refractivity contribution in [3.63, 3.8) is 0 Å². The first-order chi connectivity index (χ1) is 20.3. The molecule has 4 fully saturated rings. The summed E-state index contributed by atoms with van der Waals surface area (Å²) in [5.74, 6) is -2.09. The molecule has 228 valence electrons. The van der Waals surface area contributed by atoms with Gasteiger partial charge in [0.2, 0.25) is 5.79 Å². The molecule has 0 radical (unpaired) electrons. The first kappa shape index (κ1) is 27.4. The zero-order valence-corrected chi connectivity index (χ0v) is 25.0. The summed E-state index contributed by atoms with van der Waals surface area (Å²) < 4.78 is 30.1. The second-order valence-corrected chi connectivity index (χ2v) is 14.0. The van der Waals surface area contributed by atoms with Crippen LogP contribution in [-0.4, -0.2) is 70.6 Å². The van der Waals surface area contributed by atoms with Crippen molar-refractivity contribution in [1.29, 1.82) is 0 Å². The van der Waals surface area contributed by atoms with E-state index in [2.05, 4.69) is 42.9 Å². The maximum atomic E-state index is 13.4. The number of rotatable bonds is 3. The van der Waals surface area contributed by atoms with Crippen LogP contribution in [0.25, 0.3) is 10.9 Å². The van der Waals surface area contributed by atoms with Crippen molar-refractivity contribution < 1.29 is 38.4 Å². The third-order valence-electron chi connectivity index (χ3n) is 11.6. The highest BCUT2D eigenvalue weighted by Gasteiger charge is 2.78. The van der Waals surface area contributed by atoms with Gasteiger partial charge in [-0.25, -0.2) is 4.79 Å². The van der Waals surface area contributed by atoms with Crippen LogP contribution < -0.4 is 5.32 Å². The Labute approximate surface area is 249 Å². The van der Waals surface area contributed by atoms with Crippen LogP contribution in [0.2, 0.25) is 0 Å². The molecular weight excluding hydrogens is 552 g/mol. The predicted molar refractivity (Wildman–Crippen MR) is 154 cm³/mol. The van der Waals surface area contributed by atoms with Crippen molar-refractivity contribution in [2.24, 2.45) is 11.3 Å². The summed E-state index contributed by atoms with van der Waals surface area (Å²) in [4.78, 5) is 30.4. The number of aliphatic hydroxyl groups is 1. The van der Waals surface area contributed by atoms with E-state index in [1.165, 1.54) is 11.6 Å². The Kier molecular flexibility index (Phi) is 5.41. The molecule has 1 spiro atoms. The van der Waals surface area contributed by atoms with Crippen molar-refractivity contribution in [3.05, 3.63) is 59.5 Å². The second kappa shape index (κ2) is 8.50. The van der Waals surface area contributed by atoms with Gasteiger partial charge in [0, 0.05) is 46.0 Å². The van der Waals surface area contributed by atoms with Gasteiger partial charge in [0.25, 0.3) is 0 Å². The number of carbonyl (C=O) groups is 2. The van der Waals surface area contributed by atoms with Crippen LogP contribution in [0.5, 0.6) is 0 Å². The number of fused-ring (bicyclic) bond motifs is 9. The fourth-order valence-electron chi connectivity index (χ4n) is 9.29.